The van der Waals surface area contributed by atoms with Crippen molar-refractivity contribution >= 4 is 0 Å². The molecule has 1 aromatic carbocycles. The third kappa shape index (κ3) is 1.74. The molecule has 0 spiro atoms. The average molecular weight is 278 g/mol. The zero-order chi connectivity index (χ0) is 13.9. The van der Waals surface area contributed by atoms with E-state index in [2.05, 4.69) is 5.43 Å². The van der Waals surface area contributed by atoms with E-state index in [-0.39, 0.29) is 11.6 Å². The van der Waals surface area contributed by atoms with Gasteiger partial charge in [0, 0.05) is 11.6 Å². The highest BCUT2D eigenvalue weighted by molar-refractivity contribution is 5.23. The van der Waals surface area contributed by atoms with Gasteiger partial charge in [-0.25, -0.2) is 8.78 Å². The van der Waals surface area contributed by atoms with Gasteiger partial charge in [0.2, 0.25) is 0 Å². The standard InChI is InChI=1S/C16H20F2N2/c17-11-2-1-3-12(18)10(11)7-13(20-19)16-14-8-4-5-9(6-8)15(14)16/h1-3,8-9,13-16,20H,4-7,19H2. The van der Waals surface area contributed by atoms with Crippen molar-refractivity contribution in [2.75, 3.05) is 0 Å². The van der Waals surface area contributed by atoms with Gasteiger partial charge in [0.05, 0.1) is 0 Å². The Morgan fingerprint density at radius 1 is 1.15 bits per heavy atom. The Morgan fingerprint density at radius 3 is 2.30 bits per heavy atom. The van der Waals surface area contributed by atoms with Gasteiger partial charge in [-0.2, -0.15) is 0 Å². The van der Waals surface area contributed by atoms with Gasteiger partial charge < -0.3 is 0 Å². The quantitative estimate of drug-likeness (QED) is 0.656. The summed E-state index contributed by atoms with van der Waals surface area (Å²) in [6.07, 6.45) is 4.41. The zero-order valence-electron chi connectivity index (χ0n) is 11.4. The molecular formula is C16H20F2N2. The largest absolute Gasteiger partial charge is 0.271 e. The number of rotatable bonds is 4. The molecule has 0 saturated heterocycles. The summed E-state index contributed by atoms with van der Waals surface area (Å²) in [6.45, 7) is 0. The van der Waals surface area contributed by atoms with E-state index in [4.69, 9.17) is 5.84 Å². The van der Waals surface area contributed by atoms with Gasteiger partial charge in [-0.15, -0.1) is 0 Å². The molecule has 0 aliphatic heterocycles. The van der Waals surface area contributed by atoms with Gasteiger partial charge in [-0.3, -0.25) is 11.3 Å². The van der Waals surface area contributed by atoms with E-state index in [9.17, 15) is 8.78 Å². The molecule has 0 amide bonds. The van der Waals surface area contributed by atoms with Crippen LogP contribution in [0.15, 0.2) is 18.2 Å². The second-order valence-electron chi connectivity index (χ2n) is 6.74. The fourth-order valence-corrected chi connectivity index (χ4v) is 5.18. The van der Waals surface area contributed by atoms with Gasteiger partial charge in [0.1, 0.15) is 11.6 Å². The van der Waals surface area contributed by atoms with Crippen LogP contribution >= 0.6 is 0 Å². The van der Waals surface area contributed by atoms with Crippen LogP contribution in [0.2, 0.25) is 0 Å². The summed E-state index contributed by atoms with van der Waals surface area (Å²) in [5, 5.41) is 0. The van der Waals surface area contributed by atoms with Gasteiger partial charge >= 0.3 is 0 Å². The Kier molecular flexibility index (Phi) is 2.86. The van der Waals surface area contributed by atoms with Crippen LogP contribution in [0.25, 0.3) is 0 Å². The minimum Gasteiger partial charge on any atom is -0.271 e. The molecule has 3 aliphatic carbocycles. The van der Waals surface area contributed by atoms with Crippen molar-refractivity contribution in [1.29, 1.82) is 0 Å². The first kappa shape index (κ1) is 12.7. The molecule has 5 unspecified atom stereocenters. The van der Waals surface area contributed by atoms with Gasteiger partial charge in [0.15, 0.2) is 0 Å². The van der Waals surface area contributed by atoms with Crippen LogP contribution in [0.4, 0.5) is 8.78 Å². The van der Waals surface area contributed by atoms with Crippen LogP contribution in [0, 0.1) is 41.2 Å². The van der Waals surface area contributed by atoms with E-state index in [1.807, 2.05) is 0 Å². The first-order valence-corrected chi connectivity index (χ1v) is 7.59. The van der Waals surface area contributed by atoms with Crippen molar-refractivity contribution in [3.05, 3.63) is 35.4 Å². The van der Waals surface area contributed by atoms with E-state index >= 15 is 0 Å². The Bertz CT molecular complexity index is 497. The highest BCUT2D eigenvalue weighted by Crippen LogP contribution is 2.70. The van der Waals surface area contributed by atoms with Gasteiger partial charge in [0.25, 0.3) is 0 Å². The van der Waals surface area contributed by atoms with Crippen LogP contribution in [0.5, 0.6) is 0 Å². The highest BCUT2D eigenvalue weighted by Gasteiger charge is 2.66. The number of hydrazine groups is 1. The van der Waals surface area contributed by atoms with Crippen molar-refractivity contribution in [1.82, 2.24) is 5.43 Å². The maximum absolute atomic E-state index is 13.8. The topological polar surface area (TPSA) is 38.0 Å². The van der Waals surface area contributed by atoms with E-state index < -0.39 is 11.6 Å². The lowest BCUT2D eigenvalue weighted by Crippen LogP contribution is -2.40. The summed E-state index contributed by atoms with van der Waals surface area (Å²) < 4.78 is 27.6. The summed E-state index contributed by atoms with van der Waals surface area (Å²) >= 11 is 0. The second kappa shape index (κ2) is 4.50. The SMILES string of the molecule is NNC(Cc1c(F)cccc1F)C1C2C3CCC(C3)C21. The number of halogens is 2. The number of nitrogens with two attached hydrogens (primary N) is 1. The first-order chi connectivity index (χ1) is 9.70. The summed E-state index contributed by atoms with van der Waals surface area (Å²) in [6, 6.07) is 4.05. The molecule has 2 bridgehead atoms. The predicted molar refractivity (Wildman–Crippen MR) is 72.5 cm³/mol. The molecule has 5 atom stereocenters. The van der Waals surface area contributed by atoms with E-state index in [1.54, 1.807) is 0 Å². The lowest BCUT2D eigenvalue weighted by molar-refractivity contribution is 0.358. The van der Waals surface area contributed by atoms with Crippen molar-refractivity contribution < 1.29 is 8.78 Å². The molecule has 3 aliphatic rings. The average Bonchev–Trinajstić information content (AvgIpc) is 2.87. The first-order valence-electron chi connectivity index (χ1n) is 7.59. The smallest absolute Gasteiger partial charge is 0.129 e. The van der Waals surface area contributed by atoms with E-state index in [0.717, 1.165) is 23.7 Å². The van der Waals surface area contributed by atoms with Gasteiger partial charge in [-0.1, -0.05) is 6.07 Å². The number of nitrogens with one attached hydrogen (secondary N) is 1. The molecule has 2 nitrogen and oxygen atoms in total. The number of fused-ring (bicyclic) bond motifs is 5. The molecule has 1 aromatic rings. The summed E-state index contributed by atoms with van der Waals surface area (Å²) in [5.41, 5.74) is 3.00. The molecular weight excluding hydrogens is 258 g/mol. The monoisotopic (exact) mass is 278 g/mol. The number of hydrogen-bond donors (Lipinski definition) is 2. The summed E-state index contributed by atoms with van der Waals surface area (Å²) in [7, 11) is 0. The maximum atomic E-state index is 13.8. The van der Waals surface area contributed by atoms with Crippen LogP contribution in [0.1, 0.15) is 24.8 Å². The molecule has 108 valence electrons. The van der Waals surface area contributed by atoms with Crippen molar-refractivity contribution in [3.63, 3.8) is 0 Å². The normalized spacial score (nSPS) is 38.9. The minimum atomic E-state index is -0.459. The van der Waals surface area contributed by atoms with E-state index in [0.29, 0.717) is 12.3 Å². The van der Waals surface area contributed by atoms with Crippen LogP contribution < -0.4 is 11.3 Å². The zero-order valence-corrected chi connectivity index (χ0v) is 11.4. The van der Waals surface area contributed by atoms with Crippen LogP contribution in [-0.2, 0) is 6.42 Å². The second-order valence-corrected chi connectivity index (χ2v) is 6.74. The van der Waals surface area contributed by atoms with Crippen molar-refractivity contribution in [3.8, 4) is 0 Å². The molecule has 20 heavy (non-hydrogen) atoms. The number of benzene rings is 1. The molecule has 0 heterocycles. The number of hydrogen-bond acceptors (Lipinski definition) is 2. The Labute approximate surface area is 117 Å². The van der Waals surface area contributed by atoms with Crippen molar-refractivity contribution in [2.24, 2.45) is 35.4 Å². The molecule has 3 fully saturated rings. The third-order valence-electron chi connectivity index (χ3n) is 5.96. The molecule has 4 rings (SSSR count). The van der Waals surface area contributed by atoms with Crippen LogP contribution in [0.3, 0.4) is 0 Å². The Morgan fingerprint density at radius 2 is 1.75 bits per heavy atom. The summed E-state index contributed by atoms with van der Waals surface area (Å²) in [4.78, 5) is 0. The third-order valence-corrected chi connectivity index (χ3v) is 5.96. The molecule has 4 heteroatoms. The molecule has 3 N–H and O–H groups in total. The van der Waals surface area contributed by atoms with Crippen molar-refractivity contribution in [2.45, 2.75) is 31.7 Å². The maximum Gasteiger partial charge on any atom is 0.129 e. The van der Waals surface area contributed by atoms with Crippen LogP contribution in [-0.4, -0.2) is 6.04 Å². The predicted octanol–water partition coefficient (Wildman–Crippen LogP) is 2.63. The Balaban J connectivity index is 1.53. The fourth-order valence-electron chi connectivity index (χ4n) is 5.18. The lowest BCUT2D eigenvalue weighted by atomic mass is 9.93. The molecule has 3 saturated carbocycles. The lowest BCUT2D eigenvalue weighted by Gasteiger charge is -2.20. The van der Waals surface area contributed by atoms with E-state index in [1.165, 1.54) is 37.5 Å². The minimum absolute atomic E-state index is 0.000185. The fraction of sp³-hybridized carbons (Fsp3) is 0.625. The Hall–Kier alpha value is -1.00. The summed E-state index contributed by atoms with van der Waals surface area (Å²) in [5.74, 6) is 8.48. The molecule has 0 aromatic heterocycles. The highest BCUT2D eigenvalue weighted by atomic mass is 19.1. The molecule has 0 radical (unpaired) electrons. The van der Waals surface area contributed by atoms with Gasteiger partial charge in [-0.05, 0) is 67.4 Å².